The first-order valence-corrected chi connectivity index (χ1v) is 21.2. The van der Waals surface area contributed by atoms with Gasteiger partial charge >= 0.3 is 0 Å². The van der Waals surface area contributed by atoms with E-state index in [9.17, 15) is 0 Å². The molecule has 0 aromatic heterocycles. The normalized spacial score (nSPS) is 33.3. The van der Waals surface area contributed by atoms with Gasteiger partial charge in [-0.05, 0) is 112 Å². The van der Waals surface area contributed by atoms with Crippen molar-refractivity contribution in [3.63, 3.8) is 0 Å². The van der Waals surface area contributed by atoms with Gasteiger partial charge in [-0.25, -0.2) is 0 Å². The van der Waals surface area contributed by atoms with E-state index >= 15 is 0 Å². The summed E-state index contributed by atoms with van der Waals surface area (Å²) in [5.41, 5.74) is 0. The summed E-state index contributed by atoms with van der Waals surface area (Å²) in [7, 11) is 0. The van der Waals surface area contributed by atoms with Crippen molar-refractivity contribution in [3.05, 3.63) is 24.3 Å². The van der Waals surface area contributed by atoms with Crippen molar-refractivity contribution in [3.8, 4) is 0 Å². The smallest absolute Gasteiger partial charge is 0.0651 e. The van der Waals surface area contributed by atoms with Crippen LogP contribution in [0.4, 0.5) is 0 Å². The minimum Gasteiger partial charge on any atom is -0.373 e. The average molecular weight is 623 g/mol. The van der Waals surface area contributed by atoms with Gasteiger partial charge in [0, 0.05) is 0 Å². The van der Waals surface area contributed by atoms with Gasteiger partial charge < -0.3 is 4.74 Å². The topological polar surface area (TPSA) is 9.23 Å². The molecule has 260 valence electrons. The van der Waals surface area contributed by atoms with Crippen LogP contribution in [0.15, 0.2) is 24.3 Å². The van der Waals surface area contributed by atoms with Crippen LogP contribution in [0.3, 0.4) is 0 Å². The Morgan fingerprint density at radius 2 is 0.867 bits per heavy atom. The maximum absolute atomic E-state index is 6.01. The molecule has 0 unspecified atom stereocenters. The number of hydrogen-bond donors (Lipinski definition) is 0. The van der Waals surface area contributed by atoms with Crippen molar-refractivity contribution in [1.82, 2.24) is 0 Å². The third-order valence-corrected chi connectivity index (χ3v) is 13.3. The Hall–Kier alpha value is -0.560. The van der Waals surface area contributed by atoms with E-state index in [-0.39, 0.29) is 0 Å². The summed E-state index contributed by atoms with van der Waals surface area (Å²) in [5.74, 6) is 7.85. The first-order chi connectivity index (χ1) is 22.2. The first kappa shape index (κ1) is 37.3. The van der Waals surface area contributed by atoms with E-state index in [1.165, 1.54) is 167 Å². The summed E-state index contributed by atoms with van der Waals surface area (Å²) < 4.78 is 6.01. The van der Waals surface area contributed by atoms with Gasteiger partial charge in [-0.2, -0.15) is 0 Å². The van der Waals surface area contributed by atoms with E-state index in [1.54, 1.807) is 12.8 Å². The molecule has 4 aliphatic rings. The zero-order valence-corrected chi connectivity index (χ0v) is 30.5. The number of rotatable bonds is 20. The quantitative estimate of drug-likeness (QED) is 0.0969. The van der Waals surface area contributed by atoms with Crippen LogP contribution in [0.25, 0.3) is 0 Å². The van der Waals surface area contributed by atoms with Crippen LogP contribution in [0.1, 0.15) is 194 Å². The highest BCUT2D eigenvalue weighted by Crippen LogP contribution is 2.44. The van der Waals surface area contributed by atoms with Gasteiger partial charge in [0.2, 0.25) is 0 Å². The highest BCUT2D eigenvalue weighted by atomic mass is 16.5. The highest BCUT2D eigenvalue weighted by Gasteiger charge is 2.32. The minimum absolute atomic E-state index is 0.793. The monoisotopic (exact) mass is 623 g/mol. The highest BCUT2D eigenvalue weighted by molar-refractivity contribution is 4.95. The van der Waals surface area contributed by atoms with Crippen LogP contribution in [0.2, 0.25) is 0 Å². The van der Waals surface area contributed by atoms with Crippen molar-refractivity contribution in [2.45, 2.75) is 194 Å². The van der Waals surface area contributed by atoms with Gasteiger partial charge in [0.05, 0.1) is 13.2 Å². The van der Waals surface area contributed by atoms with E-state index < -0.39 is 0 Å². The van der Waals surface area contributed by atoms with Gasteiger partial charge in [0.1, 0.15) is 0 Å². The Morgan fingerprint density at radius 3 is 1.29 bits per heavy atom. The zero-order chi connectivity index (χ0) is 31.4. The molecule has 0 radical (unpaired) electrons. The number of allylic oxidation sites excluding steroid dienone is 2. The molecule has 0 saturated heterocycles. The molecule has 1 heteroatoms. The lowest BCUT2D eigenvalue weighted by molar-refractivity contribution is 0.142. The second kappa shape index (κ2) is 22.9. The standard InChI is InChI=1S/C44H78O/c1-3-5-7-9-11-17-39-19-13-23-43(35-39)41-29-25-37(26-30-41)21-15-33-45-34-16-22-38-27-31-42(32-28-38)44-24-14-20-40(36-44)18-12-10-8-6-4-2/h15-16,21-22,37-44H,3-14,17-20,23-36H2,1-2H3/b21-15+,22-16+/t37?,38?,39-,40-,41?,42?,43-,44-/m1/s1. The van der Waals surface area contributed by atoms with Crippen molar-refractivity contribution < 1.29 is 4.74 Å². The number of hydrogen-bond acceptors (Lipinski definition) is 1. The van der Waals surface area contributed by atoms with E-state index in [2.05, 4.69) is 38.2 Å². The summed E-state index contributed by atoms with van der Waals surface area (Å²) in [6.45, 7) is 6.24. The van der Waals surface area contributed by atoms with E-state index in [0.29, 0.717) is 0 Å². The molecule has 0 aromatic carbocycles. The van der Waals surface area contributed by atoms with Crippen LogP contribution < -0.4 is 0 Å². The molecule has 45 heavy (non-hydrogen) atoms. The summed E-state index contributed by atoms with van der Waals surface area (Å²) in [4.78, 5) is 0. The lowest BCUT2D eigenvalue weighted by atomic mass is 9.68. The molecule has 1 nitrogen and oxygen atoms in total. The Morgan fingerprint density at radius 1 is 0.444 bits per heavy atom. The molecule has 4 atom stereocenters. The first-order valence-electron chi connectivity index (χ1n) is 21.2. The second-order valence-electron chi connectivity index (χ2n) is 16.7. The lowest BCUT2D eigenvalue weighted by Crippen LogP contribution is -2.26. The average Bonchev–Trinajstić information content (AvgIpc) is 3.08. The summed E-state index contributed by atoms with van der Waals surface area (Å²) >= 11 is 0. The van der Waals surface area contributed by atoms with Crippen molar-refractivity contribution in [2.24, 2.45) is 47.3 Å². The Kier molecular flexibility index (Phi) is 19.0. The minimum atomic E-state index is 0.793. The van der Waals surface area contributed by atoms with Gasteiger partial charge in [-0.15, -0.1) is 0 Å². The molecule has 4 fully saturated rings. The van der Waals surface area contributed by atoms with E-state index in [0.717, 1.165) is 60.6 Å². The zero-order valence-electron chi connectivity index (χ0n) is 30.5. The molecule has 0 heterocycles. The predicted octanol–water partition coefficient (Wildman–Crippen LogP) is 14.1. The van der Waals surface area contributed by atoms with Gasteiger partial charge in [0.15, 0.2) is 0 Å². The Bertz CT molecular complexity index is 702. The maximum Gasteiger partial charge on any atom is 0.0651 e. The van der Waals surface area contributed by atoms with Gasteiger partial charge in [0.25, 0.3) is 0 Å². The summed E-state index contributed by atoms with van der Waals surface area (Å²) in [6.07, 6.45) is 51.1. The van der Waals surface area contributed by atoms with Gasteiger partial charge in [-0.1, -0.05) is 154 Å². The van der Waals surface area contributed by atoms with Crippen LogP contribution in [-0.2, 0) is 4.74 Å². The summed E-state index contributed by atoms with van der Waals surface area (Å²) in [6, 6.07) is 0. The number of ether oxygens (including phenoxy) is 1. The summed E-state index contributed by atoms with van der Waals surface area (Å²) in [5, 5.41) is 0. The number of unbranched alkanes of at least 4 members (excludes halogenated alkanes) is 8. The Labute approximate surface area is 282 Å². The predicted molar refractivity (Wildman–Crippen MR) is 198 cm³/mol. The SMILES string of the molecule is CCCCCCC[C@@H]1CCC[C@@H](C2CCC(/C=C/COC/C=C/C3CCC([C@@H]4CCC[C@@H](CCCCCCC)C4)CC3)CC2)C1. The molecule has 4 aliphatic carbocycles. The molecule has 0 aromatic rings. The van der Waals surface area contributed by atoms with Crippen LogP contribution >= 0.6 is 0 Å². The molecule has 0 spiro atoms. The van der Waals surface area contributed by atoms with Crippen LogP contribution in [-0.4, -0.2) is 13.2 Å². The van der Waals surface area contributed by atoms with Crippen molar-refractivity contribution in [1.29, 1.82) is 0 Å². The molecule has 4 rings (SSSR count). The van der Waals surface area contributed by atoms with E-state index in [1.807, 2.05) is 0 Å². The van der Waals surface area contributed by atoms with Crippen molar-refractivity contribution >= 4 is 0 Å². The molecular formula is C44H78O. The molecule has 0 amide bonds. The molecule has 0 aliphatic heterocycles. The van der Waals surface area contributed by atoms with Crippen molar-refractivity contribution in [2.75, 3.05) is 13.2 Å². The Balaban J connectivity index is 1.00. The van der Waals surface area contributed by atoms with Crippen LogP contribution in [0, 0.1) is 47.3 Å². The fraction of sp³-hybridized carbons (Fsp3) is 0.909. The molecule has 4 saturated carbocycles. The third kappa shape index (κ3) is 14.6. The third-order valence-electron chi connectivity index (χ3n) is 13.3. The van der Waals surface area contributed by atoms with Gasteiger partial charge in [-0.3, -0.25) is 0 Å². The second-order valence-corrected chi connectivity index (χ2v) is 16.7. The fourth-order valence-electron chi connectivity index (χ4n) is 10.4. The molecular weight excluding hydrogens is 544 g/mol. The fourth-order valence-corrected chi connectivity index (χ4v) is 10.4. The lowest BCUT2D eigenvalue weighted by Gasteiger charge is -2.38. The maximum atomic E-state index is 6.01. The molecule has 0 N–H and O–H groups in total. The molecule has 0 bridgehead atoms. The van der Waals surface area contributed by atoms with Crippen LogP contribution in [0.5, 0.6) is 0 Å². The largest absolute Gasteiger partial charge is 0.373 e. The van der Waals surface area contributed by atoms with E-state index in [4.69, 9.17) is 4.74 Å².